The lowest BCUT2D eigenvalue weighted by Gasteiger charge is -2.13. The van der Waals surface area contributed by atoms with E-state index in [0.29, 0.717) is 0 Å². The Kier molecular flexibility index (Phi) is 3.86. The Morgan fingerprint density at radius 1 is 1.47 bits per heavy atom. The number of rotatable bonds is 4. The zero-order valence-corrected chi connectivity index (χ0v) is 9.10. The van der Waals surface area contributed by atoms with Crippen molar-refractivity contribution in [2.45, 2.75) is 26.3 Å². The molecule has 0 aliphatic rings. The summed E-state index contributed by atoms with van der Waals surface area (Å²) in [6.07, 6.45) is 0.285. The van der Waals surface area contributed by atoms with Gasteiger partial charge in [-0.1, -0.05) is 26.0 Å². The summed E-state index contributed by atoms with van der Waals surface area (Å²) in [6, 6.07) is 6.28. The topological polar surface area (TPSA) is 63.3 Å². The van der Waals surface area contributed by atoms with Gasteiger partial charge in [0.2, 0.25) is 0 Å². The van der Waals surface area contributed by atoms with Crippen LogP contribution in [-0.2, 0) is 11.2 Å². The quantitative estimate of drug-likeness (QED) is 0.786. The molecule has 1 aromatic rings. The van der Waals surface area contributed by atoms with E-state index in [1.807, 2.05) is 19.9 Å². The van der Waals surface area contributed by atoms with Gasteiger partial charge < -0.3 is 10.8 Å². The number of carbonyl (C=O) groups is 1. The van der Waals surface area contributed by atoms with Crippen LogP contribution >= 0.6 is 0 Å². The number of ketones is 1. The van der Waals surface area contributed by atoms with Crippen molar-refractivity contribution >= 4 is 5.78 Å². The van der Waals surface area contributed by atoms with Crippen molar-refractivity contribution in [1.82, 2.24) is 0 Å². The first-order valence-electron chi connectivity index (χ1n) is 5.07. The van der Waals surface area contributed by atoms with E-state index in [1.165, 1.54) is 0 Å². The first kappa shape index (κ1) is 11.7. The molecule has 82 valence electrons. The number of carbonyl (C=O) groups excluding carboxylic acids is 1. The van der Waals surface area contributed by atoms with Crippen LogP contribution in [0.3, 0.4) is 0 Å². The van der Waals surface area contributed by atoms with Gasteiger partial charge in [0.15, 0.2) is 5.78 Å². The average molecular weight is 207 g/mol. The molecule has 0 fully saturated rings. The maximum Gasteiger partial charge on any atom is 0.154 e. The summed E-state index contributed by atoms with van der Waals surface area (Å²) >= 11 is 0. The minimum absolute atomic E-state index is 0.00981. The maximum absolute atomic E-state index is 11.7. The monoisotopic (exact) mass is 207 g/mol. The van der Waals surface area contributed by atoms with Crippen molar-refractivity contribution in [1.29, 1.82) is 0 Å². The molecule has 0 saturated carbocycles. The first-order valence-corrected chi connectivity index (χ1v) is 5.07. The molecule has 1 aromatic carbocycles. The summed E-state index contributed by atoms with van der Waals surface area (Å²) in [5.41, 5.74) is 6.54. The molecule has 15 heavy (non-hydrogen) atoms. The Morgan fingerprint density at radius 3 is 2.67 bits per heavy atom. The van der Waals surface area contributed by atoms with Gasteiger partial charge in [0.05, 0.1) is 6.04 Å². The van der Waals surface area contributed by atoms with Crippen molar-refractivity contribution in [2.75, 3.05) is 0 Å². The number of nitrogens with two attached hydrogens (primary N) is 1. The van der Waals surface area contributed by atoms with Crippen LogP contribution in [0.5, 0.6) is 5.75 Å². The van der Waals surface area contributed by atoms with Gasteiger partial charge in [0, 0.05) is 6.42 Å². The fourth-order valence-corrected chi connectivity index (χ4v) is 1.36. The van der Waals surface area contributed by atoms with Crippen molar-refractivity contribution in [2.24, 2.45) is 11.7 Å². The Labute approximate surface area is 89.9 Å². The third-order valence-corrected chi connectivity index (χ3v) is 2.38. The van der Waals surface area contributed by atoms with Gasteiger partial charge in [-0.05, 0) is 23.6 Å². The zero-order valence-electron chi connectivity index (χ0n) is 9.10. The summed E-state index contributed by atoms with van der Waals surface area (Å²) < 4.78 is 0. The highest BCUT2D eigenvalue weighted by molar-refractivity contribution is 5.86. The predicted octanol–water partition coefficient (Wildman–Crippen LogP) is 1.49. The van der Waals surface area contributed by atoms with Crippen LogP contribution < -0.4 is 5.73 Å². The van der Waals surface area contributed by atoms with Crippen LogP contribution in [0.15, 0.2) is 24.3 Å². The summed E-state index contributed by atoms with van der Waals surface area (Å²) in [4.78, 5) is 11.7. The van der Waals surface area contributed by atoms with Crippen molar-refractivity contribution in [3.8, 4) is 5.75 Å². The van der Waals surface area contributed by atoms with E-state index in [4.69, 9.17) is 5.73 Å². The van der Waals surface area contributed by atoms with Crippen LogP contribution in [0.4, 0.5) is 0 Å². The van der Waals surface area contributed by atoms with E-state index in [-0.39, 0.29) is 23.9 Å². The number of hydrogen-bond acceptors (Lipinski definition) is 3. The Bertz CT molecular complexity index is 347. The molecule has 0 saturated heterocycles. The van der Waals surface area contributed by atoms with E-state index < -0.39 is 6.04 Å². The number of phenolic OH excluding ortho intramolecular Hbond substituents is 1. The highest BCUT2D eigenvalue weighted by atomic mass is 16.3. The van der Waals surface area contributed by atoms with Crippen molar-refractivity contribution in [3.05, 3.63) is 29.8 Å². The molecule has 0 heterocycles. The van der Waals surface area contributed by atoms with Gasteiger partial charge in [-0.2, -0.15) is 0 Å². The molecular formula is C12H17NO2. The minimum atomic E-state index is -0.424. The van der Waals surface area contributed by atoms with Crippen molar-refractivity contribution in [3.63, 3.8) is 0 Å². The molecule has 1 unspecified atom stereocenters. The third-order valence-electron chi connectivity index (χ3n) is 2.38. The van der Waals surface area contributed by atoms with Crippen LogP contribution in [0, 0.1) is 5.92 Å². The van der Waals surface area contributed by atoms with Crippen LogP contribution in [0.25, 0.3) is 0 Å². The Hall–Kier alpha value is -1.35. The maximum atomic E-state index is 11.7. The van der Waals surface area contributed by atoms with Crippen LogP contribution in [0.1, 0.15) is 19.4 Å². The van der Waals surface area contributed by atoms with Gasteiger partial charge in [-0.25, -0.2) is 0 Å². The predicted molar refractivity (Wildman–Crippen MR) is 59.6 cm³/mol. The standard InChI is InChI=1S/C12H17NO2/c1-8(2)12(13)11(15)7-9-4-3-5-10(14)6-9/h3-6,8,12,14H,7,13H2,1-2H3. The highest BCUT2D eigenvalue weighted by Gasteiger charge is 2.17. The van der Waals surface area contributed by atoms with E-state index in [0.717, 1.165) is 5.56 Å². The number of benzene rings is 1. The molecule has 1 rings (SSSR count). The van der Waals surface area contributed by atoms with E-state index >= 15 is 0 Å². The van der Waals surface area contributed by atoms with Gasteiger partial charge in [-0.15, -0.1) is 0 Å². The first-order chi connectivity index (χ1) is 7.00. The smallest absolute Gasteiger partial charge is 0.154 e. The highest BCUT2D eigenvalue weighted by Crippen LogP contribution is 2.13. The molecule has 3 nitrogen and oxygen atoms in total. The zero-order chi connectivity index (χ0) is 11.4. The molecule has 0 aromatic heterocycles. The summed E-state index contributed by atoms with van der Waals surface area (Å²) in [5, 5.41) is 9.23. The minimum Gasteiger partial charge on any atom is -0.508 e. The molecule has 3 N–H and O–H groups in total. The lowest BCUT2D eigenvalue weighted by molar-refractivity contribution is -0.120. The molecule has 1 atom stereocenters. The molecule has 0 aliphatic heterocycles. The number of phenols is 1. The molecule has 0 bridgehead atoms. The molecule has 0 aliphatic carbocycles. The van der Waals surface area contributed by atoms with Crippen LogP contribution in [-0.4, -0.2) is 16.9 Å². The van der Waals surface area contributed by atoms with Gasteiger partial charge in [0.1, 0.15) is 5.75 Å². The second kappa shape index (κ2) is 4.94. The summed E-state index contributed by atoms with van der Waals surface area (Å²) in [6.45, 7) is 3.84. The molecular weight excluding hydrogens is 190 g/mol. The van der Waals surface area contributed by atoms with Gasteiger partial charge >= 0.3 is 0 Å². The second-order valence-corrected chi connectivity index (χ2v) is 4.08. The average Bonchev–Trinajstić information content (AvgIpc) is 2.16. The second-order valence-electron chi connectivity index (χ2n) is 4.08. The van der Waals surface area contributed by atoms with Crippen LogP contribution in [0.2, 0.25) is 0 Å². The van der Waals surface area contributed by atoms with Gasteiger partial charge in [-0.3, -0.25) is 4.79 Å². The fraction of sp³-hybridized carbons (Fsp3) is 0.417. The van der Waals surface area contributed by atoms with E-state index in [9.17, 15) is 9.90 Å². The summed E-state index contributed by atoms with van der Waals surface area (Å²) in [5.74, 6) is 0.337. The molecule has 0 spiro atoms. The Balaban J connectivity index is 2.66. The largest absolute Gasteiger partial charge is 0.508 e. The SMILES string of the molecule is CC(C)C(N)C(=O)Cc1cccc(O)c1. The van der Waals surface area contributed by atoms with E-state index in [1.54, 1.807) is 18.2 Å². The van der Waals surface area contributed by atoms with Gasteiger partial charge in [0.25, 0.3) is 0 Å². The van der Waals surface area contributed by atoms with Crippen molar-refractivity contribution < 1.29 is 9.90 Å². The summed E-state index contributed by atoms with van der Waals surface area (Å²) in [7, 11) is 0. The molecule has 0 amide bonds. The lowest BCUT2D eigenvalue weighted by Crippen LogP contribution is -2.36. The third kappa shape index (κ3) is 3.36. The Morgan fingerprint density at radius 2 is 2.13 bits per heavy atom. The number of Topliss-reactive ketones (excluding diaryl/α,β-unsaturated/α-hetero) is 1. The normalized spacial score (nSPS) is 12.8. The number of aromatic hydroxyl groups is 1. The van der Waals surface area contributed by atoms with E-state index in [2.05, 4.69) is 0 Å². The number of hydrogen-bond donors (Lipinski definition) is 2. The molecule has 0 radical (unpaired) electrons. The fourth-order valence-electron chi connectivity index (χ4n) is 1.36. The lowest BCUT2D eigenvalue weighted by atomic mass is 9.96. The molecule has 3 heteroatoms.